The van der Waals surface area contributed by atoms with Gasteiger partial charge in [0.25, 0.3) is 5.91 Å². The van der Waals surface area contributed by atoms with Crippen molar-refractivity contribution in [2.45, 2.75) is 12.0 Å². The zero-order chi connectivity index (χ0) is 17.4. The second-order valence-corrected chi connectivity index (χ2v) is 6.56. The van der Waals surface area contributed by atoms with Crippen LogP contribution in [0.25, 0.3) is 10.9 Å². The molecule has 2 fully saturated rings. The van der Waals surface area contributed by atoms with Crippen molar-refractivity contribution >= 4 is 22.8 Å². The molecule has 1 aromatic carbocycles. The fourth-order valence-corrected chi connectivity index (χ4v) is 3.77. The lowest BCUT2D eigenvalue weighted by atomic mass is 9.95. The van der Waals surface area contributed by atoms with Gasteiger partial charge < -0.3 is 14.7 Å². The first-order chi connectivity index (χ1) is 12.1. The molecule has 25 heavy (non-hydrogen) atoms. The van der Waals surface area contributed by atoms with Crippen LogP contribution in [0.15, 0.2) is 24.4 Å². The maximum atomic E-state index is 12.9. The number of aromatic amines is 1. The van der Waals surface area contributed by atoms with Gasteiger partial charge >= 0.3 is 5.97 Å². The third kappa shape index (κ3) is 2.58. The van der Waals surface area contributed by atoms with E-state index in [-0.39, 0.29) is 12.5 Å². The number of hydrogen-bond acceptors (Lipinski definition) is 5. The third-order valence-corrected chi connectivity index (χ3v) is 5.29. The van der Waals surface area contributed by atoms with Crippen LogP contribution < -0.4 is 0 Å². The van der Waals surface area contributed by atoms with Gasteiger partial charge in [-0.05, 0) is 12.1 Å². The van der Waals surface area contributed by atoms with Crippen LogP contribution in [0.5, 0.6) is 0 Å². The monoisotopic (exact) mass is 344 g/mol. The van der Waals surface area contributed by atoms with Crippen LogP contribution in [0.4, 0.5) is 0 Å². The Labute approximate surface area is 144 Å². The molecular weight excluding hydrogens is 324 g/mol. The molecule has 2 aliphatic rings. The molecular formula is C17H20N4O4. The molecule has 2 aromatic rings. The Morgan fingerprint density at radius 2 is 2.04 bits per heavy atom. The molecule has 0 radical (unpaired) electrons. The Kier molecular flexibility index (Phi) is 3.93. The molecule has 0 aliphatic carbocycles. The molecule has 2 N–H and O–H groups in total. The highest BCUT2D eigenvalue weighted by atomic mass is 16.5. The lowest BCUT2D eigenvalue weighted by molar-refractivity contribution is -0.152. The van der Waals surface area contributed by atoms with E-state index in [0.717, 1.165) is 10.9 Å². The molecule has 2 aliphatic heterocycles. The molecule has 4 rings (SSSR count). The number of carbonyl (C=O) groups excluding carboxylic acids is 1. The average molecular weight is 344 g/mol. The molecule has 1 amide bonds. The number of ether oxygens (including phenoxy) is 1. The number of aromatic nitrogens is 2. The number of hydrogen-bond donors (Lipinski definition) is 2. The summed E-state index contributed by atoms with van der Waals surface area (Å²) in [6, 6.07) is 5.52. The second kappa shape index (κ2) is 6.12. The van der Waals surface area contributed by atoms with Crippen LogP contribution in [0.2, 0.25) is 0 Å². The first kappa shape index (κ1) is 16.0. The summed E-state index contributed by atoms with van der Waals surface area (Å²) >= 11 is 0. The molecule has 132 valence electrons. The molecule has 8 nitrogen and oxygen atoms in total. The Bertz CT molecular complexity index is 804. The number of amides is 1. The Hall–Kier alpha value is -2.45. The first-order valence-corrected chi connectivity index (χ1v) is 8.39. The molecule has 0 bridgehead atoms. The zero-order valence-electron chi connectivity index (χ0n) is 13.8. The van der Waals surface area contributed by atoms with Crippen LogP contribution >= 0.6 is 0 Å². The summed E-state index contributed by atoms with van der Waals surface area (Å²) in [6.07, 6.45) is 2.15. The number of piperazine rings is 1. The van der Waals surface area contributed by atoms with Gasteiger partial charge in [0.2, 0.25) is 0 Å². The molecule has 1 atom stereocenters. The van der Waals surface area contributed by atoms with Gasteiger partial charge in [-0.15, -0.1) is 0 Å². The highest BCUT2D eigenvalue weighted by molar-refractivity contribution is 6.06. The van der Waals surface area contributed by atoms with Gasteiger partial charge in [-0.2, -0.15) is 5.10 Å². The van der Waals surface area contributed by atoms with Gasteiger partial charge in [0, 0.05) is 44.6 Å². The average Bonchev–Trinajstić information content (AvgIpc) is 3.31. The summed E-state index contributed by atoms with van der Waals surface area (Å²) in [5.41, 5.74) is 0.508. The van der Waals surface area contributed by atoms with Crippen molar-refractivity contribution in [1.29, 1.82) is 0 Å². The van der Waals surface area contributed by atoms with E-state index in [9.17, 15) is 14.7 Å². The topological polar surface area (TPSA) is 98.8 Å². The number of carbonyl (C=O) groups is 2. The first-order valence-electron chi connectivity index (χ1n) is 8.39. The van der Waals surface area contributed by atoms with Crippen molar-refractivity contribution in [3.63, 3.8) is 0 Å². The van der Waals surface area contributed by atoms with Gasteiger partial charge in [0.15, 0.2) is 0 Å². The molecule has 2 saturated heterocycles. The molecule has 1 unspecified atom stereocenters. The smallest absolute Gasteiger partial charge is 0.326 e. The van der Waals surface area contributed by atoms with E-state index in [2.05, 4.69) is 10.2 Å². The van der Waals surface area contributed by atoms with E-state index in [1.165, 1.54) is 0 Å². The van der Waals surface area contributed by atoms with Crippen molar-refractivity contribution < 1.29 is 19.4 Å². The number of H-pyrrole nitrogens is 1. The number of carboxylic acid groups (broad SMARTS) is 1. The van der Waals surface area contributed by atoms with Crippen LogP contribution in [-0.4, -0.2) is 81.9 Å². The number of nitrogens with zero attached hydrogens (tertiary/aromatic N) is 3. The van der Waals surface area contributed by atoms with Gasteiger partial charge in [-0.1, -0.05) is 6.07 Å². The maximum Gasteiger partial charge on any atom is 0.326 e. The van der Waals surface area contributed by atoms with E-state index >= 15 is 0 Å². The van der Waals surface area contributed by atoms with E-state index in [0.29, 0.717) is 44.8 Å². The van der Waals surface area contributed by atoms with Gasteiger partial charge in [-0.25, -0.2) is 0 Å². The second-order valence-electron chi connectivity index (χ2n) is 6.56. The summed E-state index contributed by atoms with van der Waals surface area (Å²) in [5, 5.41) is 17.3. The van der Waals surface area contributed by atoms with Crippen molar-refractivity contribution in [3.05, 3.63) is 30.0 Å². The van der Waals surface area contributed by atoms with E-state index < -0.39 is 11.5 Å². The number of nitrogens with one attached hydrogen (secondary N) is 1. The molecule has 8 heteroatoms. The van der Waals surface area contributed by atoms with E-state index in [1.54, 1.807) is 17.2 Å². The quantitative estimate of drug-likeness (QED) is 0.844. The SMILES string of the molecule is O=C(c1cccc2[nH]ncc12)N1CCN(C2(C(=O)O)CCOC2)CC1. The van der Waals surface area contributed by atoms with Gasteiger partial charge in [0.1, 0.15) is 5.54 Å². The van der Waals surface area contributed by atoms with Crippen molar-refractivity contribution in [2.75, 3.05) is 39.4 Å². The fourth-order valence-electron chi connectivity index (χ4n) is 3.77. The Morgan fingerprint density at radius 3 is 2.72 bits per heavy atom. The minimum absolute atomic E-state index is 0.0429. The van der Waals surface area contributed by atoms with Crippen molar-refractivity contribution in [1.82, 2.24) is 20.0 Å². The highest BCUT2D eigenvalue weighted by Crippen LogP contribution is 2.28. The number of fused-ring (bicyclic) bond motifs is 1. The lowest BCUT2D eigenvalue weighted by Crippen LogP contribution is -2.61. The van der Waals surface area contributed by atoms with E-state index in [4.69, 9.17) is 4.74 Å². The number of carboxylic acids is 1. The van der Waals surface area contributed by atoms with Crippen LogP contribution in [-0.2, 0) is 9.53 Å². The normalized spacial score (nSPS) is 24.7. The predicted octanol–water partition coefficient (Wildman–Crippen LogP) is 0.564. The molecule has 0 spiro atoms. The summed E-state index contributed by atoms with van der Waals surface area (Å²) < 4.78 is 5.34. The number of rotatable bonds is 3. The standard InChI is InChI=1S/C17H20N4O4/c22-15(12-2-1-3-14-13(12)10-18-19-14)20-5-7-21(8-6-20)17(16(23)24)4-9-25-11-17/h1-3,10H,4-9,11H2,(H,18,19)(H,23,24). The van der Waals surface area contributed by atoms with Crippen LogP contribution in [0, 0.1) is 0 Å². The van der Waals surface area contributed by atoms with Gasteiger partial charge in [0.05, 0.1) is 23.9 Å². The minimum atomic E-state index is -0.945. The zero-order valence-corrected chi connectivity index (χ0v) is 13.8. The number of aliphatic carboxylic acids is 1. The highest BCUT2D eigenvalue weighted by Gasteiger charge is 2.48. The summed E-state index contributed by atoms with van der Waals surface area (Å²) in [4.78, 5) is 28.4. The Morgan fingerprint density at radius 1 is 1.24 bits per heavy atom. The molecule has 1 aromatic heterocycles. The van der Waals surface area contributed by atoms with E-state index in [1.807, 2.05) is 17.0 Å². The third-order valence-electron chi connectivity index (χ3n) is 5.29. The largest absolute Gasteiger partial charge is 0.480 e. The van der Waals surface area contributed by atoms with Crippen molar-refractivity contribution in [3.8, 4) is 0 Å². The van der Waals surface area contributed by atoms with Crippen LogP contribution in [0.3, 0.4) is 0 Å². The maximum absolute atomic E-state index is 12.9. The summed E-state index contributed by atoms with van der Waals surface area (Å²) in [5.74, 6) is -0.883. The predicted molar refractivity (Wildman–Crippen MR) is 89.4 cm³/mol. The Balaban J connectivity index is 1.49. The van der Waals surface area contributed by atoms with Gasteiger partial charge in [-0.3, -0.25) is 19.6 Å². The lowest BCUT2D eigenvalue weighted by Gasteiger charge is -2.42. The number of benzene rings is 1. The molecule has 3 heterocycles. The minimum Gasteiger partial charge on any atom is -0.480 e. The summed E-state index contributed by atoms with van der Waals surface area (Å²) in [6.45, 7) is 2.74. The van der Waals surface area contributed by atoms with Crippen LogP contribution in [0.1, 0.15) is 16.8 Å². The summed E-state index contributed by atoms with van der Waals surface area (Å²) in [7, 11) is 0. The van der Waals surface area contributed by atoms with Crippen molar-refractivity contribution in [2.24, 2.45) is 0 Å². The molecule has 0 saturated carbocycles. The fraction of sp³-hybridized carbons (Fsp3) is 0.471.